The molecule has 3 rings (SSSR count). The van der Waals surface area contributed by atoms with Gasteiger partial charge in [-0.2, -0.15) is 0 Å². The van der Waals surface area contributed by atoms with E-state index in [-0.39, 0.29) is 5.82 Å². The van der Waals surface area contributed by atoms with Gasteiger partial charge >= 0.3 is 0 Å². The standard InChI is InChI=1S/C14H18FN3/c1-18-13-7-6-10(15)9-12(13)17-14(18)11-5-3-2-4-8-16-11/h6-7,9,11,16H,2-5,8H2,1H3. The van der Waals surface area contributed by atoms with Gasteiger partial charge in [0, 0.05) is 13.1 Å². The maximum Gasteiger partial charge on any atom is 0.126 e. The highest BCUT2D eigenvalue weighted by atomic mass is 19.1. The first-order valence-corrected chi connectivity index (χ1v) is 6.61. The van der Waals surface area contributed by atoms with Crippen molar-refractivity contribution in [2.45, 2.75) is 31.7 Å². The number of fused-ring (bicyclic) bond motifs is 1. The number of imidazole rings is 1. The summed E-state index contributed by atoms with van der Waals surface area (Å²) in [5.74, 6) is 0.804. The predicted molar refractivity (Wildman–Crippen MR) is 69.9 cm³/mol. The number of nitrogens with zero attached hydrogens (tertiary/aromatic N) is 2. The van der Waals surface area contributed by atoms with E-state index in [2.05, 4.69) is 14.9 Å². The molecule has 2 aromatic rings. The second-order valence-electron chi connectivity index (χ2n) is 5.02. The van der Waals surface area contributed by atoms with E-state index in [1.54, 1.807) is 6.07 Å². The van der Waals surface area contributed by atoms with Crippen molar-refractivity contribution in [2.24, 2.45) is 7.05 Å². The summed E-state index contributed by atoms with van der Waals surface area (Å²) in [6.45, 7) is 1.04. The summed E-state index contributed by atoms with van der Waals surface area (Å²) >= 11 is 0. The van der Waals surface area contributed by atoms with Crippen LogP contribution in [0.1, 0.15) is 37.5 Å². The fourth-order valence-corrected chi connectivity index (χ4v) is 2.75. The topological polar surface area (TPSA) is 29.9 Å². The second-order valence-corrected chi connectivity index (χ2v) is 5.02. The Kier molecular flexibility index (Phi) is 3.04. The molecule has 0 aliphatic carbocycles. The number of hydrogen-bond acceptors (Lipinski definition) is 2. The van der Waals surface area contributed by atoms with Gasteiger partial charge in [-0.15, -0.1) is 0 Å². The first-order valence-electron chi connectivity index (χ1n) is 6.61. The van der Waals surface area contributed by atoms with E-state index in [1.165, 1.54) is 31.4 Å². The number of nitrogens with one attached hydrogen (secondary N) is 1. The Morgan fingerprint density at radius 2 is 2.22 bits per heavy atom. The second kappa shape index (κ2) is 4.69. The van der Waals surface area contributed by atoms with Crippen molar-refractivity contribution in [1.82, 2.24) is 14.9 Å². The van der Waals surface area contributed by atoms with Gasteiger partial charge in [0.05, 0.1) is 17.1 Å². The van der Waals surface area contributed by atoms with Gasteiger partial charge in [-0.25, -0.2) is 9.37 Å². The number of halogens is 1. The molecule has 0 radical (unpaired) electrons. The van der Waals surface area contributed by atoms with Gasteiger partial charge in [0.25, 0.3) is 0 Å². The Morgan fingerprint density at radius 1 is 1.33 bits per heavy atom. The van der Waals surface area contributed by atoms with Gasteiger partial charge < -0.3 is 9.88 Å². The van der Waals surface area contributed by atoms with Crippen LogP contribution in [0, 0.1) is 5.82 Å². The van der Waals surface area contributed by atoms with Crippen molar-refractivity contribution in [3.05, 3.63) is 29.8 Å². The van der Waals surface area contributed by atoms with E-state index in [4.69, 9.17) is 0 Å². The molecule has 1 aliphatic rings. The van der Waals surface area contributed by atoms with Gasteiger partial charge in [-0.05, 0) is 31.5 Å². The number of aryl methyl sites for hydroxylation is 1. The summed E-state index contributed by atoms with van der Waals surface area (Å²) in [5.41, 5.74) is 1.75. The molecule has 0 amide bonds. The van der Waals surface area contributed by atoms with E-state index in [0.29, 0.717) is 6.04 Å². The third kappa shape index (κ3) is 2.01. The van der Waals surface area contributed by atoms with Crippen LogP contribution < -0.4 is 5.32 Å². The van der Waals surface area contributed by atoms with Gasteiger partial charge in [0.1, 0.15) is 11.6 Å². The average Bonchev–Trinajstić information content (AvgIpc) is 2.57. The van der Waals surface area contributed by atoms with Crippen LogP contribution in [0.2, 0.25) is 0 Å². The molecular formula is C14H18FN3. The Hall–Kier alpha value is -1.42. The van der Waals surface area contributed by atoms with Crippen molar-refractivity contribution >= 4 is 11.0 Å². The zero-order chi connectivity index (χ0) is 12.5. The van der Waals surface area contributed by atoms with Crippen molar-refractivity contribution in [2.75, 3.05) is 6.54 Å². The molecule has 1 fully saturated rings. The highest BCUT2D eigenvalue weighted by molar-refractivity contribution is 5.76. The van der Waals surface area contributed by atoms with E-state index in [1.807, 2.05) is 7.05 Å². The number of rotatable bonds is 1. The first-order chi connectivity index (χ1) is 8.75. The lowest BCUT2D eigenvalue weighted by Gasteiger charge is -2.15. The van der Waals surface area contributed by atoms with Crippen LogP contribution in [0.4, 0.5) is 4.39 Å². The highest BCUT2D eigenvalue weighted by Gasteiger charge is 2.19. The summed E-state index contributed by atoms with van der Waals surface area (Å²) in [5, 5.41) is 3.54. The Bertz CT molecular complexity index is 553. The zero-order valence-electron chi connectivity index (χ0n) is 10.6. The molecule has 2 heterocycles. The Labute approximate surface area is 106 Å². The van der Waals surface area contributed by atoms with Crippen LogP contribution in [-0.2, 0) is 7.05 Å². The molecule has 96 valence electrons. The summed E-state index contributed by atoms with van der Waals surface area (Å²) in [6.07, 6.45) is 4.85. The van der Waals surface area contributed by atoms with Gasteiger partial charge in [0.15, 0.2) is 0 Å². The maximum atomic E-state index is 13.2. The Morgan fingerprint density at radius 3 is 3.11 bits per heavy atom. The largest absolute Gasteiger partial charge is 0.330 e. The van der Waals surface area contributed by atoms with E-state index in [9.17, 15) is 4.39 Å². The maximum absolute atomic E-state index is 13.2. The van der Waals surface area contributed by atoms with E-state index < -0.39 is 0 Å². The highest BCUT2D eigenvalue weighted by Crippen LogP contribution is 2.25. The van der Waals surface area contributed by atoms with Crippen molar-refractivity contribution in [3.63, 3.8) is 0 Å². The van der Waals surface area contributed by atoms with E-state index in [0.717, 1.165) is 29.8 Å². The minimum absolute atomic E-state index is 0.221. The molecule has 3 nitrogen and oxygen atoms in total. The zero-order valence-corrected chi connectivity index (χ0v) is 10.6. The van der Waals surface area contributed by atoms with Crippen molar-refractivity contribution < 1.29 is 4.39 Å². The minimum atomic E-state index is -0.221. The van der Waals surface area contributed by atoms with Crippen LogP contribution in [0.15, 0.2) is 18.2 Å². The van der Waals surface area contributed by atoms with Gasteiger partial charge in [-0.1, -0.05) is 12.8 Å². The smallest absolute Gasteiger partial charge is 0.126 e. The predicted octanol–water partition coefficient (Wildman–Crippen LogP) is 2.92. The van der Waals surface area contributed by atoms with Gasteiger partial charge in [-0.3, -0.25) is 0 Å². The molecular weight excluding hydrogens is 229 g/mol. The minimum Gasteiger partial charge on any atom is -0.330 e. The third-order valence-electron chi connectivity index (χ3n) is 3.75. The SMILES string of the molecule is Cn1c(C2CCCCCN2)nc2cc(F)ccc21. The Balaban J connectivity index is 2.02. The lowest BCUT2D eigenvalue weighted by Crippen LogP contribution is -2.23. The molecule has 1 atom stereocenters. The fraction of sp³-hybridized carbons (Fsp3) is 0.500. The van der Waals surface area contributed by atoms with E-state index >= 15 is 0 Å². The monoisotopic (exact) mass is 247 g/mol. The average molecular weight is 247 g/mol. The lowest BCUT2D eigenvalue weighted by molar-refractivity contribution is 0.496. The number of hydrogen-bond donors (Lipinski definition) is 1. The molecule has 0 saturated carbocycles. The normalized spacial score (nSPS) is 21.1. The van der Waals surface area contributed by atoms with Gasteiger partial charge in [0.2, 0.25) is 0 Å². The molecule has 0 bridgehead atoms. The molecule has 18 heavy (non-hydrogen) atoms. The van der Waals surface area contributed by atoms with Crippen LogP contribution in [-0.4, -0.2) is 16.1 Å². The lowest BCUT2D eigenvalue weighted by atomic mass is 10.1. The van der Waals surface area contributed by atoms with Crippen LogP contribution in [0.3, 0.4) is 0 Å². The fourth-order valence-electron chi connectivity index (χ4n) is 2.75. The van der Waals surface area contributed by atoms with Crippen LogP contribution in [0.25, 0.3) is 11.0 Å². The summed E-state index contributed by atoms with van der Waals surface area (Å²) in [7, 11) is 2.01. The molecule has 0 spiro atoms. The number of benzene rings is 1. The van der Waals surface area contributed by atoms with Crippen LogP contribution in [0.5, 0.6) is 0 Å². The molecule has 4 heteroatoms. The first kappa shape index (κ1) is 11.7. The van der Waals surface area contributed by atoms with Crippen molar-refractivity contribution in [3.8, 4) is 0 Å². The van der Waals surface area contributed by atoms with Crippen molar-refractivity contribution in [1.29, 1.82) is 0 Å². The summed E-state index contributed by atoms with van der Waals surface area (Å²) in [6, 6.07) is 5.11. The third-order valence-corrected chi connectivity index (χ3v) is 3.75. The molecule has 1 unspecified atom stereocenters. The molecule has 1 aromatic heterocycles. The quantitative estimate of drug-likeness (QED) is 0.839. The molecule has 1 aromatic carbocycles. The van der Waals surface area contributed by atoms with Crippen LogP contribution >= 0.6 is 0 Å². The summed E-state index contributed by atoms with van der Waals surface area (Å²) < 4.78 is 15.3. The number of aromatic nitrogens is 2. The summed E-state index contributed by atoms with van der Waals surface area (Å²) in [4.78, 5) is 4.60. The molecule has 1 saturated heterocycles. The molecule has 1 N–H and O–H groups in total. The molecule has 1 aliphatic heterocycles.